The Morgan fingerprint density at radius 2 is 2.07 bits per heavy atom. The average molecular weight is 477 g/mol. The van der Waals surface area contributed by atoms with Crippen molar-refractivity contribution in [2.75, 3.05) is 0 Å². The summed E-state index contributed by atoms with van der Waals surface area (Å²) in [5, 5.41) is 24.5. The Bertz CT molecular complexity index is 1310. The van der Waals surface area contributed by atoms with Gasteiger partial charge in [0, 0.05) is 11.6 Å². The number of nitrogens with zero attached hydrogens (tertiary/aromatic N) is 3. The standard InChI is InChI=1S/C18H13BrN4O7/c1-9(17(25)26)30-15-12(19)6-10(7-14(15)23(28)29)8-20-22-16(24)11-4-2-3-5-13(11)21-18(22)27/h2-9H,1H3,(H,21,27)(H,25,26). The lowest BCUT2D eigenvalue weighted by atomic mass is 10.2. The number of H-pyrrole nitrogens is 1. The van der Waals surface area contributed by atoms with E-state index in [-0.39, 0.29) is 21.2 Å². The molecule has 1 unspecified atom stereocenters. The first-order chi connectivity index (χ1) is 14.2. The number of nitrogens with one attached hydrogen (secondary N) is 1. The normalized spacial score (nSPS) is 12.2. The number of carboxylic acids is 1. The molecule has 1 heterocycles. The maximum atomic E-state index is 12.5. The summed E-state index contributed by atoms with van der Waals surface area (Å²) in [4.78, 5) is 48.8. The van der Waals surface area contributed by atoms with Gasteiger partial charge in [-0.05, 0) is 41.1 Å². The van der Waals surface area contributed by atoms with E-state index < -0.39 is 33.9 Å². The van der Waals surface area contributed by atoms with Gasteiger partial charge in [-0.15, -0.1) is 4.68 Å². The highest BCUT2D eigenvalue weighted by atomic mass is 79.9. The van der Waals surface area contributed by atoms with Crippen molar-refractivity contribution in [2.45, 2.75) is 13.0 Å². The van der Waals surface area contributed by atoms with Crippen LogP contribution >= 0.6 is 15.9 Å². The first-order valence-electron chi connectivity index (χ1n) is 8.35. The molecule has 2 N–H and O–H groups in total. The van der Waals surface area contributed by atoms with Gasteiger partial charge in [-0.3, -0.25) is 14.9 Å². The number of nitro groups is 1. The third-order valence-electron chi connectivity index (χ3n) is 3.99. The number of carboxylic acid groups (broad SMARTS) is 1. The molecule has 0 saturated heterocycles. The van der Waals surface area contributed by atoms with Gasteiger partial charge in [-0.2, -0.15) is 5.10 Å². The van der Waals surface area contributed by atoms with E-state index in [1.807, 2.05) is 0 Å². The minimum atomic E-state index is -1.32. The molecule has 0 saturated carbocycles. The zero-order valence-corrected chi connectivity index (χ0v) is 16.8. The van der Waals surface area contributed by atoms with Crippen molar-refractivity contribution in [1.82, 2.24) is 9.66 Å². The number of nitro benzene ring substituents is 1. The van der Waals surface area contributed by atoms with Gasteiger partial charge >= 0.3 is 17.3 Å². The molecule has 0 aliphatic carbocycles. The second-order valence-corrected chi connectivity index (χ2v) is 6.90. The number of ether oxygens (including phenoxy) is 1. The summed E-state index contributed by atoms with van der Waals surface area (Å²) in [6, 6.07) is 8.85. The number of rotatable bonds is 6. The van der Waals surface area contributed by atoms with Crippen molar-refractivity contribution in [1.29, 1.82) is 0 Å². The summed E-state index contributed by atoms with van der Waals surface area (Å²) in [6.07, 6.45) is -0.234. The number of hydrogen-bond acceptors (Lipinski definition) is 7. The average Bonchev–Trinajstić information content (AvgIpc) is 2.69. The highest BCUT2D eigenvalue weighted by molar-refractivity contribution is 9.10. The zero-order valence-electron chi connectivity index (χ0n) is 15.2. The first-order valence-corrected chi connectivity index (χ1v) is 9.14. The SMILES string of the molecule is CC(Oc1c(Br)cc(C=Nn2c(=O)[nH]c3ccccc3c2=O)cc1[N+](=O)[O-])C(=O)O. The van der Waals surface area contributed by atoms with Crippen LogP contribution in [0.15, 0.2) is 55.6 Å². The summed E-state index contributed by atoms with van der Waals surface area (Å²) < 4.78 is 5.86. The van der Waals surface area contributed by atoms with Crippen LogP contribution in [0.3, 0.4) is 0 Å². The second-order valence-electron chi connectivity index (χ2n) is 6.04. The molecule has 0 spiro atoms. The van der Waals surface area contributed by atoms with Gasteiger partial charge < -0.3 is 14.8 Å². The number of para-hydroxylation sites is 1. The predicted molar refractivity (Wildman–Crippen MR) is 110 cm³/mol. The molecule has 11 nitrogen and oxygen atoms in total. The van der Waals surface area contributed by atoms with Crippen LogP contribution in [-0.2, 0) is 4.79 Å². The van der Waals surface area contributed by atoms with Gasteiger partial charge in [-0.25, -0.2) is 9.59 Å². The van der Waals surface area contributed by atoms with E-state index >= 15 is 0 Å². The monoisotopic (exact) mass is 476 g/mol. The van der Waals surface area contributed by atoms with Crippen LogP contribution in [0, 0.1) is 10.1 Å². The molecule has 12 heteroatoms. The van der Waals surface area contributed by atoms with Gasteiger partial charge in [0.05, 0.1) is 26.5 Å². The first kappa shape index (κ1) is 20.9. The van der Waals surface area contributed by atoms with Crippen molar-refractivity contribution in [2.24, 2.45) is 5.10 Å². The van der Waals surface area contributed by atoms with Crippen LogP contribution in [0.5, 0.6) is 5.75 Å². The molecule has 1 atom stereocenters. The topological polar surface area (TPSA) is 157 Å². The molecule has 154 valence electrons. The van der Waals surface area contributed by atoms with Gasteiger partial charge in [0.1, 0.15) is 0 Å². The van der Waals surface area contributed by atoms with Crippen LogP contribution in [-0.4, -0.2) is 38.0 Å². The van der Waals surface area contributed by atoms with Gasteiger partial charge in [-0.1, -0.05) is 12.1 Å². The third-order valence-corrected chi connectivity index (χ3v) is 4.58. The van der Waals surface area contributed by atoms with E-state index in [0.717, 1.165) is 12.3 Å². The van der Waals surface area contributed by atoms with E-state index in [0.29, 0.717) is 10.2 Å². The fraction of sp³-hybridized carbons (Fsp3) is 0.111. The quantitative estimate of drug-likeness (QED) is 0.313. The molecular weight excluding hydrogens is 464 g/mol. The molecule has 0 amide bonds. The number of hydrogen-bond donors (Lipinski definition) is 2. The van der Waals surface area contributed by atoms with Crippen molar-refractivity contribution in [3.63, 3.8) is 0 Å². The molecule has 0 fully saturated rings. The maximum absolute atomic E-state index is 12.5. The summed E-state index contributed by atoms with van der Waals surface area (Å²) >= 11 is 3.11. The van der Waals surface area contributed by atoms with Crippen LogP contribution in [0.4, 0.5) is 5.69 Å². The third kappa shape index (κ3) is 4.12. The fourth-order valence-electron chi connectivity index (χ4n) is 2.54. The number of aromatic nitrogens is 2. The van der Waals surface area contributed by atoms with E-state index in [4.69, 9.17) is 9.84 Å². The smallest absolute Gasteiger partial charge is 0.349 e. The minimum absolute atomic E-state index is 0.103. The molecule has 30 heavy (non-hydrogen) atoms. The zero-order chi connectivity index (χ0) is 22.0. The number of aliphatic carboxylic acids is 1. The van der Waals surface area contributed by atoms with Crippen molar-refractivity contribution < 1.29 is 19.6 Å². The molecule has 0 aliphatic heterocycles. The fourth-order valence-corrected chi connectivity index (χ4v) is 3.10. The van der Waals surface area contributed by atoms with E-state index in [1.54, 1.807) is 18.2 Å². The predicted octanol–water partition coefficient (Wildman–Crippen LogP) is 2.09. The molecule has 2 aromatic carbocycles. The summed E-state index contributed by atoms with van der Waals surface area (Å²) in [6.45, 7) is 1.23. The summed E-state index contributed by atoms with van der Waals surface area (Å²) in [7, 11) is 0. The van der Waals surface area contributed by atoms with E-state index in [9.17, 15) is 24.5 Å². The molecule has 0 radical (unpaired) electrons. The highest BCUT2D eigenvalue weighted by Gasteiger charge is 2.24. The Morgan fingerprint density at radius 3 is 2.73 bits per heavy atom. The lowest BCUT2D eigenvalue weighted by Crippen LogP contribution is -2.32. The Balaban J connectivity index is 2.06. The number of carbonyl (C=O) groups is 1. The van der Waals surface area contributed by atoms with Gasteiger partial charge in [0.25, 0.3) is 5.56 Å². The Morgan fingerprint density at radius 1 is 1.37 bits per heavy atom. The largest absolute Gasteiger partial charge is 0.479 e. The number of aromatic amines is 1. The van der Waals surface area contributed by atoms with Crippen LogP contribution in [0.1, 0.15) is 12.5 Å². The maximum Gasteiger partial charge on any atom is 0.349 e. The molecule has 1 aromatic heterocycles. The van der Waals surface area contributed by atoms with Gasteiger partial charge in [0.2, 0.25) is 5.75 Å². The Hall–Kier alpha value is -3.80. The van der Waals surface area contributed by atoms with Crippen LogP contribution in [0.25, 0.3) is 10.9 Å². The highest BCUT2D eigenvalue weighted by Crippen LogP contribution is 2.36. The van der Waals surface area contributed by atoms with Crippen LogP contribution in [0.2, 0.25) is 0 Å². The van der Waals surface area contributed by atoms with E-state index in [1.165, 1.54) is 19.1 Å². The molecule has 3 rings (SSSR count). The lowest BCUT2D eigenvalue weighted by Gasteiger charge is -2.12. The molecular formula is C18H13BrN4O7. The van der Waals surface area contributed by atoms with E-state index in [2.05, 4.69) is 26.0 Å². The molecule has 0 bridgehead atoms. The molecule has 0 aliphatic rings. The van der Waals surface area contributed by atoms with Crippen molar-refractivity contribution in [3.8, 4) is 5.75 Å². The Labute approximate surface area is 175 Å². The number of fused-ring (bicyclic) bond motifs is 1. The lowest BCUT2D eigenvalue weighted by molar-refractivity contribution is -0.386. The minimum Gasteiger partial charge on any atom is -0.479 e. The summed E-state index contributed by atoms with van der Waals surface area (Å²) in [5.41, 5.74) is -1.43. The van der Waals surface area contributed by atoms with Crippen molar-refractivity contribution in [3.05, 3.63) is 77.4 Å². The second kappa shape index (κ2) is 8.29. The van der Waals surface area contributed by atoms with Crippen molar-refractivity contribution >= 4 is 44.7 Å². The summed E-state index contributed by atoms with van der Waals surface area (Å²) in [5.74, 6) is -1.57. The number of halogens is 1. The van der Waals surface area contributed by atoms with Gasteiger partial charge in [0.15, 0.2) is 6.10 Å². The molecule has 3 aromatic rings. The van der Waals surface area contributed by atoms with Crippen LogP contribution < -0.4 is 16.0 Å². The Kier molecular flexibility index (Phi) is 5.78. The number of benzene rings is 2.